The van der Waals surface area contributed by atoms with Crippen LogP contribution in [0.2, 0.25) is 10.0 Å². The standard InChI is InChI=1S/C23H26Cl2N4O3S/c1-28-19-9-8-15(24)14-17(19)20(16-6-4-5-7-18(16)25)26-21(22(28)30)27-23(33)29(10-12-31-2)11-13-32-3/h4-9,14,21H,10-13H2,1-3H3,(H,27,33). The number of carbonyl (C=O) groups excluding carboxylic acids is 1. The molecule has 1 aliphatic heterocycles. The fraction of sp³-hybridized carbons (Fsp3) is 0.348. The number of hydrogen-bond donors (Lipinski definition) is 1. The molecule has 0 aliphatic carbocycles. The number of aliphatic imine (C=N–C) groups is 1. The highest BCUT2D eigenvalue weighted by Crippen LogP contribution is 2.31. The molecule has 3 rings (SSSR count). The second-order valence-corrected chi connectivity index (χ2v) is 8.57. The van der Waals surface area contributed by atoms with Gasteiger partial charge in [0, 0.05) is 55.5 Å². The number of carbonyl (C=O) groups is 1. The number of methoxy groups -OCH3 is 2. The van der Waals surface area contributed by atoms with Gasteiger partial charge in [0.1, 0.15) is 0 Å². The van der Waals surface area contributed by atoms with Gasteiger partial charge in [0.25, 0.3) is 5.91 Å². The monoisotopic (exact) mass is 508 g/mol. The third-order valence-electron chi connectivity index (χ3n) is 5.20. The number of hydrogen-bond acceptors (Lipinski definition) is 5. The van der Waals surface area contributed by atoms with E-state index in [0.29, 0.717) is 64.0 Å². The fourth-order valence-electron chi connectivity index (χ4n) is 3.43. The van der Waals surface area contributed by atoms with E-state index < -0.39 is 6.17 Å². The number of amides is 1. The zero-order valence-corrected chi connectivity index (χ0v) is 21.0. The van der Waals surface area contributed by atoms with Gasteiger partial charge in [-0.2, -0.15) is 0 Å². The summed E-state index contributed by atoms with van der Waals surface area (Å²) < 4.78 is 10.4. The molecule has 0 saturated heterocycles. The van der Waals surface area contributed by atoms with Crippen molar-refractivity contribution in [1.82, 2.24) is 10.2 Å². The quantitative estimate of drug-likeness (QED) is 0.549. The number of benzodiazepines with no additional fused rings is 1. The van der Waals surface area contributed by atoms with E-state index in [1.165, 1.54) is 0 Å². The summed E-state index contributed by atoms with van der Waals surface area (Å²) in [6.45, 7) is 2.03. The zero-order valence-electron chi connectivity index (χ0n) is 18.7. The molecule has 10 heteroatoms. The lowest BCUT2D eigenvalue weighted by atomic mass is 10.00. The van der Waals surface area contributed by atoms with Gasteiger partial charge in [-0.05, 0) is 36.5 Å². The van der Waals surface area contributed by atoms with Crippen LogP contribution in [0, 0.1) is 0 Å². The number of nitrogens with zero attached hydrogens (tertiary/aromatic N) is 3. The Labute approximate surface area is 209 Å². The van der Waals surface area contributed by atoms with Crippen molar-refractivity contribution in [3.8, 4) is 0 Å². The van der Waals surface area contributed by atoms with Crippen molar-refractivity contribution in [2.24, 2.45) is 4.99 Å². The van der Waals surface area contributed by atoms with Gasteiger partial charge in [-0.3, -0.25) is 4.79 Å². The first-order valence-corrected chi connectivity index (χ1v) is 11.5. The number of anilines is 1. The summed E-state index contributed by atoms with van der Waals surface area (Å²) in [5.41, 5.74) is 2.63. The van der Waals surface area contributed by atoms with E-state index in [1.807, 2.05) is 23.1 Å². The average molecular weight is 509 g/mol. The number of rotatable bonds is 8. The van der Waals surface area contributed by atoms with Crippen LogP contribution < -0.4 is 10.2 Å². The number of ether oxygens (including phenoxy) is 2. The van der Waals surface area contributed by atoms with Gasteiger partial charge in [0.05, 0.1) is 24.6 Å². The zero-order chi connectivity index (χ0) is 24.0. The minimum Gasteiger partial charge on any atom is -0.383 e. The highest BCUT2D eigenvalue weighted by atomic mass is 35.5. The summed E-state index contributed by atoms with van der Waals surface area (Å²) in [4.78, 5) is 21.6. The number of nitrogens with one attached hydrogen (secondary N) is 1. The van der Waals surface area contributed by atoms with Gasteiger partial charge < -0.3 is 24.6 Å². The van der Waals surface area contributed by atoms with Crippen LogP contribution in [0.25, 0.3) is 0 Å². The van der Waals surface area contributed by atoms with Crippen molar-refractivity contribution < 1.29 is 14.3 Å². The second-order valence-electron chi connectivity index (χ2n) is 7.34. The summed E-state index contributed by atoms with van der Waals surface area (Å²) >= 11 is 18.4. The Kier molecular flexibility index (Phi) is 9.05. The van der Waals surface area contributed by atoms with Crippen LogP contribution in [0.4, 0.5) is 5.69 Å². The van der Waals surface area contributed by atoms with Crippen molar-refractivity contribution >= 4 is 57.8 Å². The van der Waals surface area contributed by atoms with Crippen molar-refractivity contribution in [2.75, 3.05) is 52.5 Å². The molecule has 2 aromatic rings. The minimum atomic E-state index is -0.965. The molecule has 1 aliphatic rings. The highest BCUT2D eigenvalue weighted by Gasteiger charge is 2.32. The molecule has 1 heterocycles. The summed E-state index contributed by atoms with van der Waals surface area (Å²) in [5.74, 6) is -0.263. The molecule has 0 fully saturated rings. The van der Waals surface area contributed by atoms with Gasteiger partial charge in [0.15, 0.2) is 5.11 Å². The summed E-state index contributed by atoms with van der Waals surface area (Å²) in [7, 11) is 4.94. The molecule has 0 spiro atoms. The summed E-state index contributed by atoms with van der Waals surface area (Å²) in [5, 5.41) is 4.54. The van der Waals surface area contributed by atoms with Crippen LogP contribution >= 0.6 is 35.4 Å². The molecule has 7 nitrogen and oxygen atoms in total. The molecule has 33 heavy (non-hydrogen) atoms. The van der Waals surface area contributed by atoms with Crippen LogP contribution in [-0.2, 0) is 14.3 Å². The molecule has 1 atom stereocenters. The number of fused-ring (bicyclic) bond motifs is 1. The van der Waals surface area contributed by atoms with Crippen LogP contribution in [-0.4, -0.2) is 75.4 Å². The lowest BCUT2D eigenvalue weighted by Crippen LogP contribution is -2.51. The maximum absolute atomic E-state index is 13.4. The number of benzene rings is 2. The first-order valence-electron chi connectivity index (χ1n) is 10.3. The largest absolute Gasteiger partial charge is 0.383 e. The van der Waals surface area contributed by atoms with Crippen molar-refractivity contribution in [1.29, 1.82) is 0 Å². The van der Waals surface area contributed by atoms with Crippen molar-refractivity contribution in [2.45, 2.75) is 6.17 Å². The Morgan fingerprint density at radius 3 is 2.42 bits per heavy atom. The molecule has 176 valence electrons. The van der Waals surface area contributed by atoms with Crippen LogP contribution in [0.15, 0.2) is 47.5 Å². The van der Waals surface area contributed by atoms with Crippen LogP contribution in [0.3, 0.4) is 0 Å². The lowest BCUT2D eigenvalue weighted by Gasteiger charge is -2.28. The number of thiocarbonyl (C=S) groups is 1. The Bertz CT molecular complexity index is 1040. The topological polar surface area (TPSA) is 66.4 Å². The molecule has 2 aromatic carbocycles. The Morgan fingerprint density at radius 1 is 1.12 bits per heavy atom. The van der Waals surface area contributed by atoms with Crippen LogP contribution in [0.5, 0.6) is 0 Å². The van der Waals surface area contributed by atoms with E-state index >= 15 is 0 Å². The van der Waals surface area contributed by atoms with Crippen molar-refractivity contribution in [3.63, 3.8) is 0 Å². The lowest BCUT2D eigenvalue weighted by molar-refractivity contribution is -0.119. The van der Waals surface area contributed by atoms with Gasteiger partial charge in [-0.15, -0.1) is 0 Å². The fourth-order valence-corrected chi connectivity index (χ4v) is 4.13. The number of halogens is 2. The molecule has 0 bridgehead atoms. The Balaban J connectivity index is 2.03. The van der Waals surface area contributed by atoms with E-state index in [-0.39, 0.29) is 5.91 Å². The molecule has 1 N–H and O–H groups in total. The summed E-state index contributed by atoms with van der Waals surface area (Å²) in [6.07, 6.45) is -0.965. The first-order chi connectivity index (χ1) is 15.9. The Morgan fingerprint density at radius 2 is 1.79 bits per heavy atom. The molecule has 0 radical (unpaired) electrons. The predicted octanol–water partition coefficient (Wildman–Crippen LogP) is 3.60. The predicted molar refractivity (Wildman–Crippen MR) is 137 cm³/mol. The molecule has 0 saturated carbocycles. The van der Waals surface area contributed by atoms with Gasteiger partial charge in [-0.1, -0.05) is 41.4 Å². The number of likely N-dealkylation sites (N-methyl/N-ethyl adjacent to an activating group) is 1. The molecular weight excluding hydrogens is 483 g/mol. The molecule has 0 aromatic heterocycles. The van der Waals surface area contributed by atoms with Crippen LogP contribution in [0.1, 0.15) is 11.1 Å². The SMILES string of the molecule is COCCN(CCOC)C(=S)NC1N=C(c2ccccc2Cl)c2cc(Cl)ccc2N(C)C1=O. The van der Waals surface area contributed by atoms with E-state index in [0.717, 1.165) is 0 Å². The minimum absolute atomic E-state index is 0.263. The highest BCUT2D eigenvalue weighted by molar-refractivity contribution is 7.80. The third-order valence-corrected chi connectivity index (χ3v) is 6.15. The van der Waals surface area contributed by atoms with Gasteiger partial charge in [0.2, 0.25) is 6.17 Å². The smallest absolute Gasteiger partial charge is 0.272 e. The average Bonchev–Trinajstić information content (AvgIpc) is 2.90. The van der Waals surface area contributed by atoms with E-state index in [2.05, 4.69) is 5.32 Å². The van der Waals surface area contributed by atoms with Gasteiger partial charge >= 0.3 is 0 Å². The maximum Gasteiger partial charge on any atom is 0.272 e. The molecule has 1 unspecified atom stereocenters. The first kappa shape index (κ1) is 25.4. The van der Waals surface area contributed by atoms with Crippen molar-refractivity contribution in [3.05, 3.63) is 63.6 Å². The Hall–Kier alpha value is -2.23. The normalized spacial score (nSPS) is 15.5. The molecular formula is C23H26Cl2N4O3S. The van der Waals surface area contributed by atoms with E-state index in [9.17, 15) is 4.79 Å². The second kappa shape index (κ2) is 11.8. The van der Waals surface area contributed by atoms with E-state index in [4.69, 9.17) is 49.9 Å². The summed E-state index contributed by atoms with van der Waals surface area (Å²) in [6, 6.07) is 12.7. The molecule has 1 amide bonds. The maximum atomic E-state index is 13.4. The third kappa shape index (κ3) is 6.02. The van der Waals surface area contributed by atoms with Gasteiger partial charge in [-0.25, -0.2) is 4.99 Å². The van der Waals surface area contributed by atoms with E-state index in [1.54, 1.807) is 50.4 Å².